The normalized spacial score (nSPS) is 12.8. The second-order valence-electron chi connectivity index (χ2n) is 2.81. The average Bonchev–Trinajstić information content (AvgIpc) is 2.51. The topological polar surface area (TPSA) is 41.1 Å². The molecule has 1 unspecified atom stereocenters. The molecule has 0 bridgehead atoms. The molecule has 1 atom stereocenters. The molecule has 4 nitrogen and oxygen atoms in total. The van der Waals surface area contributed by atoms with Crippen LogP contribution in [0.2, 0.25) is 0 Å². The Morgan fingerprint density at radius 2 is 2.46 bits per heavy atom. The van der Waals surface area contributed by atoms with Gasteiger partial charge in [0.15, 0.2) is 3.95 Å². The van der Waals surface area contributed by atoms with Gasteiger partial charge in [-0.25, -0.2) is 0 Å². The van der Waals surface area contributed by atoms with Crippen LogP contribution in [0.25, 0.3) is 0 Å². The van der Waals surface area contributed by atoms with Crippen LogP contribution >= 0.6 is 23.6 Å². The van der Waals surface area contributed by atoms with Gasteiger partial charge in [-0.05, 0) is 19.1 Å². The lowest BCUT2D eigenvalue weighted by molar-refractivity contribution is 0.183. The molecule has 0 aromatic carbocycles. The SMILES string of the molecule is COCC(C)N(C)c1n[nH]c(=S)s1. The molecule has 0 aliphatic heterocycles. The average molecular weight is 219 g/mol. The summed E-state index contributed by atoms with van der Waals surface area (Å²) < 4.78 is 5.75. The quantitative estimate of drug-likeness (QED) is 0.782. The minimum Gasteiger partial charge on any atom is -0.383 e. The largest absolute Gasteiger partial charge is 0.383 e. The lowest BCUT2D eigenvalue weighted by atomic mass is 10.3. The number of aromatic amines is 1. The van der Waals surface area contributed by atoms with Gasteiger partial charge in [-0.3, -0.25) is 5.10 Å². The maximum Gasteiger partial charge on any atom is 0.206 e. The molecule has 6 heteroatoms. The Balaban J connectivity index is 2.67. The maximum atomic E-state index is 5.05. The minimum atomic E-state index is 0.305. The number of ether oxygens (including phenoxy) is 1. The van der Waals surface area contributed by atoms with Gasteiger partial charge in [0.1, 0.15) is 0 Å². The summed E-state index contributed by atoms with van der Waals surface area (Å²) in [6, 6.07) is 0.305. The van der Waals surface area contributed by atoms with E-state index in [2.05, 4.69) is 17.1 Å². The van der Waals surface area contributed by atoms with Gasteiger partial charge >= 0.3 is 0 Å². The van der Waals surface area contributed by atoms with Gasteiger partial charge < -0.3 is 9.64 Å². The van der Waals surface area contributed by atoms with Gasteiger partial charge in [0.25, 0.3) is 0 Å². The predicted molar refractivity (Wildman–Crippen MR) is 57.0 cm³/mol. The molecule has 0 spiro atoms. The van der Waals surface area contributed by atoms with Crippen molar-refractivity contribution >= 4 is 28.7 Å². The van der Waals surface area contributed by atoms with Crippen molar-refractivity contribution in [3.63, 3.8) is 0 Å². The van der Waals surface area contributed by atoms with Crippen molar-refractivity contribution in [3.05, 3.63) is 3.95 Å². The second kappa shape index (κ2) is 4.69. The van der Waals surface area contributed by atoms with E-state index in [9.17, 15) is 0 Å². The number of methoxy groups -OCH3 is 1. The highest BCUT2D eigenvalue weighted by Crippen LogP contribution is 2.17. The van der Waals surface area contributed by atoms with Crippen LogP contribution in [0.5, 0.6) is 0 Å². The molecule has 0 amide bonds. The third-order valence-corrected chi connectivity index (χ3v) is 2.98. The maximum absolute atomic E-state index is 5.05. The summed E-state index contributed by atoms with van der Waals surface area (Å²) in [5.74, 6) is 0. The first kappa shape index (κ1) is 10.6. The van der Waals surface area contributed by atoms with Crippen LogP contribution in [0.3, 0.4) is 0 Å². The Morgan fingerprint density at radius 3 is 2.92 bits per heavy atom. The molecule has 0 saturated carbocycles. The first-order valence-corrected chi connectivity index (χ1v) is 5.15. The number of likely N-dealkylation sites (N-methyl/N-ethyl adjacent to an activating group) is 1. The van der Waals surface area contributed by atoms with Gasteiger partial charge in [0.2, 0.25) is 5.13 Å². The minimum absolute atomic E-state index is 0.305. The summed E-state index contributed by atoms with van der Waals surface area (Å²) in [4.78, 5) is 2.04. The highest BCUT2D eigenvalue weighted by Gasteiger charge is 2.12. The van der Waals surface area contributed by atoms with E-state index in [1.807, 2.05) is 11.9 Å². The number of hydrogen-bond donors (Lipinski definition) is 1. The Labute approximate surface area is 86.5 Å². The third kappa shape index (κ3) is 2.75. The molecule has 1 aromatic rings. The van der Waals surface area contributed by atoms with Crippen LogP contribution in [0.4, 0.5) is 5.13 Å². The molecule has 74 valence electrons. The highest BCUT2D eigenvalue weighted by molar-refractivity contribution is 7.73. The fourth-order valence-corrected chi connectivity index (χ4v) is 1.86. The molecule has 13 heavy (non-hydrogen) atoms. The van der Waals surface area contributed by atoms with Crippen LogP contribution in [0, 0.1) is 3.95 Å². The monoisotopic (exact) mass is 219 g/mol. The number of nitrogens with zero attached hydrogens (tertiary/aromatic N) is 2. The van der Waals surface area contributed by atoms with Gasteiger partial charge in [-0.2, -0.15) is 0 Å². The molecule has 0 fully saturated rings. The van der Waals surface area contributed by atoms with Crippen LogP contribution in [-0.4, -0.2) is 37.0 Å². The van der Waals surface area contributed by atoms with Gasteiger partial charge in [-0.1, -0.05) is 11.3 Å². The molecule has 0 aliphatic rings. The number of aromatic nitrogens is 2. The molecule has 1 heterocycles. The van der Waals surface area contributed by atoms with Crippen molar-refractivity contribution in [2.45, 2.75) is 13.0 Å². The molecular weight excluding hydrogens is 206 g/mol. The van der Waals surface area contributed by atoms with E-state index in [-0.39, 0.29) is 0 Å². The zero-order chi connectivity index (χ0) is 9.84. The van der Waals surface area contributed by atoms with Crippen molar-refractivity contribution in [2.75, 3.05) is 25.7 Å². The zero-order valence-corrected chi connectivity index (χ0v) is 9.54. The van der Waals surface area contributed by atoms with E-state index in [0.717, 1.165) is 5.13 Å². The van der Waals surface area contributed by atoms with Crippen molar-refractivity contribution in [3.8, 4) is 0 Å². The summed E-state index contributed by atoms with van der Waals surface area (Å²) in [7, 11) is 3.67. The molecule has 1 aromatic heterocycles. The van der Waals surface area contributed by atoms with Crippen LogP contribution in [-0.2, 0) is 4.74 Å². The Bertz CT molecular complexity index is 309. The fourth-order valence-electron chi connectivity index (χ4n) is 0.914. The summed E-state index contributed by atoms with van der Waals surface area (Å²) in [5, 5.41) is 7.72. The first-order valence-electron chi connectivity index (χ1n) is 3.92. The molecule has 1 N–H and O–H groups in total. The molecule has 0 saturated heterocycles. The molecule has 0 radical (unpaired) electrons. The summed E-state index contributed by atoms with van der Waals surface area (Å²) >= 11 is 6.41. The predicted octanol–water partition coefficient (Wildman–Crippen LogP) is 1.67. The van der Waals surface area contributed by atoms with E-state index in [1.165, 1.54) is 11.3 Å². The molecule has 0 aliphatic carbocycles. The zero-order valence-electron chi connectivity index (χ0n) is 7.90. The highest BCUT2D eigenvalue weighted by atomic mass is 32.1. The number of hydrogen-bond acceptors (Lipinski definition) is 5. The van der Waals surface area contributed by atoms with Crippen LogP contribution in [0.15, 0.2) is 0 Å². The van der Waals surface area contributed by atoms with Crippen molar-refractivity contribution in [2.24, 2.45) is 0 Å². The van der Waals surface area contributed by atoms with Crippen molar-refractivity contribution in [1.29, 1.82) is 0 Å². The van der Waals surface area contributed by atoms with E-state index >= 15 is 0 Å². The summed E-state index contributed by atoms with van der Waals surface area (Å²) in [5.41, 5.74) is 0. The summed E-state index contributed by atoms with van der Waals surface area (Å²) in [6.45, 7) is 2.76. The van der Waals surface area contributed by atoms with Crippen molar-refractivity contribution in [1.82, 2.24) is 10.2 Å². The standard InChI is InChI=1S/C7H13N3OS2/c1-5(4-11-3)10(2)6-8-9-7(12)13-6/h5H,4H2,1-3H3,(H,9,12). The number of H-pyrrole nitrogens is 1. The van der Waals surface area contributed by atoms with E-state index in [4.69, 9.17) is 17.0 Å². The van der Waals surface area contributed by atoms with Gasteiger partial charge in [0.05, 0.1) is 12.6 Å². The fraction of sp³-hybridized carbons (Fsp3) is 0.714. The third-order valence-electron chi connectivity index (χ3n) is 1.80. The molecule has 1 rings (SSSR count). The van der Waals surface area contributed by atoms with Gasteiger partial charge in [-0.15, -0.1) is 5.10 Å². The number of rotatable bonds is 4. The smallest absolute Gasteiger partial charge is 0.206 e. The van der Waals surface area contributed by atoms with E-state index in [0.29, 0.717) is 16.6 Å². The van der Waals surface area contributed by atoms with Crippen LogP contribution < -0.4 is 4.90 Å². The van der Waals surface area contributed by atoms with Gasteiger partial charge in [0, 0.05) is 14.2 Å². The number of anilines is 1. The summed E-state index contributed by atoms with van der Waals surface area (Å²) in [6.07, 6.45) is 0. The first-order chi connectivity index (χ1) is 6.15. The van der Waals surface area contributed by atoms with Crippen molar-refractivity contribution < 1.29 is 4.74 Å². The Morgan fingerprint density at radius 1 is 1.77 bits per heavy atom. The number of nitrogens with one attached hydrogen (secondary N) is 1. The van der Waals surface area contributed by atoms with E-state index < -0.39 is 0 Å². The molecular formula is C7H13N3OS2. The van der Waals surface area contributed by atoms with Crippen LogP contribution in [0.1, 0.15) is 6.92 Å². The second-order valence-corrected chi connectivity index (χ2v) is 4.46. The Kier molecular flexibility index (Phi) is 3.83. The van der Waals surface area contributed by atoms with E-state index in [1.54, 1.807) is 7.11 Å². The Hall–Kier alpha value is -0.460. The lowest BCUT2D eigenvalue weighted by Gasteiger charge is -2.22. The lowest BCUT2D eigenvalue weighted by Crippen LogP contribution is -2.32.